The second kappa shape index (κ2) is 12.2. The normalized spacial score (nSPS) is 16.1. The van der Waals surface area contributed by atoms with Gasteiger partial charge in [-0.3, -0.25) is 19.5 Å². The number of aromatic nitrogens is 6. The molecule has 0 unspecified atom stereocenters. The molecule has 13 heteroatoms. The fraction of sp³-hybridized carbons (Fsp3) is 0.452. The molecule has 3 aromatic heterocycles. The van der Waals surface area contributed by atoms with Crippen LogP contribution in [0.4, 0.5) is 27.9 Å². The minimum atomic E-state index is -0.609. The first-order valence-electron chi connectivity index (χ1n) is 15.1. The van der Waals surface area contributed by atoms with Gasteiger partial charge in [0, 0.05) is 74.7 Å². The molecule has 13 nitrogen and oxygen atoms in total. The third-order valence-corrected chi connectivity index (χ3v) is 7.77. The molecule has 2 fully saturated rings. The maximum Gasteiger partial charge on any atom is 0.418 e. The third-order valence-electron chi connectivity index (χ3n) is 7.77. The number of nitrogens with zero attached hydrogens (tertiary/aromatic N) is 8. The summed E-state index contributed by atoms with van der Waals surface area (Å²) < 4.78 is 9.48. The first-order valence-corrected chi connectivity index (χ1v) is 15.1. The van der Waals surface area contributed by atoms with Gasteiger partial charge in [-0.1, -0.05) is 6.07 Å². The Kier molecular flexibility index (Phi) is 8.23. The number of benzene rings is 1. The van der Waals surface area contributed by atoms with Crippen LogP contribution >= 0.6 is 0 Å². The van der Waals surface area contributed by atoms with E-state index in [1.165, 1.54) is 0 Å². The van der Waals surface area contributed by atoms with E-state index in [0.717, 1.165) is 68.3 Å². The van der Waals surface area contributed by atoms with Crippen LogP contribution in [0.1, 0.15) is 44.9 Å². The summed E-state index contributed by atoms with van der Waals surface area (Å²) in [6.45, 7) is 13.1. The van der Waals surface area contributed by atoms with Gasteiger partial charge >= 0.3 is 6.09 Å². The molecule has 232 valence electrons. The van der Waals surface area contributed by atoms with Crippen molar-refractivity contribution >= 4 is 29.2 Å². The Balaban J connectivity index is 1.13. The minimum Gasteiger partial charge on any atom is -0.389 e. The fourth-order valence-corrected chi connectivity index (χ4v) is 5.14. The molecule has 1 aliphatic carbocycles. The summed E-state index contributed by atoms with van der Waals surface area (Å²) in [4.78, 5) is 31.0. The zero-order valence-corrected chi connectivity index (χ0v) is 26.0. The Bertz CT molecular complexity index is 1610. The second-order valence-electron chi connectivity index (χ2n) is 12.6. The van der Waals surface area contributed by atoms with Crippen LogP contribution in [0.5, 0.6) is 5.88 Å². The lowest BCUT2D eigenvalue weighted by Gasteiger charge is -2.33. The number of hydrogen-bond acceptors (Lipinski definition) is 10. The van der Waals surface area contributed by atoms with Crippen molar-refractivity contribution in [3.05, 3.63) is 60.3 Å². The topological polar surface area (TPSA) is 130 Å². The minimum absolute atomic E-state index is 0.260. The lowest BCUT2D eigenvalue weighted by Crippen LogP contribution is -2.44. The van der Waals surface area contributed by atoms with Crippen LogP contribution in [0.2, 0.25) is 0 Å². The molecule has 3 N–H and O–H groups in total. The van der Waals surface area contributed by atoms with E-state index in [2.05, 4.69) is 73.6 Å². The summed E-state index contributed by atoms with van der Waals surface area (Å²) in [6, 6.07) is 9.87. The van der Waals surface area contributed by atoms with Gasteiger partial charge in [0.1, 0.15) is 18.0 Å². The number of aryl methyl sites for hydroxylation is 1. The first kappa shape index (κ1) is 29.6. The number of rotatable bonds is 9. The number of amides is 1. The molecule has 0 atom stereocenters. The van der Waals surface area contributed by atoms with Crippen LogP contribution in [0, 0.1) is 6.92 Å². The molecule has 0 spiro atoms. The van der Waals surface area contributed by atoms with E-state index in [1.807, 2.05) is 52.7 Å². The van der Waals surface area contributed by atoms with Crippen LogP contribution in [0.25, 0.3) is 5.82 Å². The smallest absolute Gasteiger partial charge is 0.389 e. The number of carbonyl (C=O) groups is 1. The molecule has 1 aromatic carbocycles. The van der Waals surface area contributed by atoms with Crippen molar-refractivity contribution < 1.29 is 9.53 Å². The van der Waals surface area contributed by atoms with E-state index in [9.17, 15) is 4.79 Å². The highest BCUT2D eigenvalue weighted by Gasteiger charge is 2.24. The van der Waals surface area contributed by atoms with Crippen molar-refractivity contribution in [2.24, 2.45) is 0 Å². The van der Waals surface area contributed by atoms with Gasteiger partial charge in [-0.2, -0.15) is 0 Å². The molecule has 1 aliphatic heterocycles. The summed E-state index contributed by atoms with van der Waals surface area (Å²) in [5, 5.41) is 14.3. The predicted molar refractivity (Wildman–Crippen MR) is 170 cm³/mol. The van der Waals surface area contributed by atoms with Crippen molar-refractivity contribution in [1.29, 1.82) is 0 Å². The Hall–Kier alpha value is -4.49. The van der Waals surface area contributed by atoms with Crippen molar-refractivity contribution in [1.82, 2.24) is 39.1 Å². The molecule has 1 saturated heterocycles. The van der Waals surface area contributed by atoms with E-state index < -0.39 is 6.09 Å². The molecule has 1 saturated carbocycles. The summed E-state index contributed by atoms with van der Waals surface area (Å²) in [5.41, 5.74) is 3.10. The Morgan fingerprint density at radius 3 is 2.59 bits per heavy atom. The van der Waals surface area contributed by atoms with Crippen molar-refractivity contribution in [3.8, 4) is 11.7 Å². The molecule has 4 aromatic rings. The number of hydrogen-bond donors (Lipinski definition) is 3. The third kappa shape index (κ3) is 7.17. The molecule has 44 heavy (non-hydrogen) atoms. The van der Waals surface area contributed by atoms with Crippen LogP contribution in [0.3, 0.4) is 0 Å². The summed E-state index contributed by atoms with van der Waals surface area (Å²) in [6.07, 6.45) is 6.81. The summed E-state index contributed by atoms with van der Waals surface area (Å²) in [5.74, 6) is 2.34. The average Bonchev–Trinajstić information content (AvgIpc) is 3.50. The Morgan fingerprint density at radius 2 is 1.84 bits per heavy atom. The standard InChI is InChI=1S/C31H41N11O2/c1-21-6-7-23(16-25(21)37-29-32-10-11-41(29)27-18-26(33-20-34-27)35-22-8-9-22)36-30(43)44-28-17-24(42(38-28)31(2,3)4)19-40-14-12-39(5)13-15-40/h6-7,10-11,16-18,20,22H,8-9,12-15,19H2,1-5H3,(H,32,37)(H,36,43)(H,33,34,35). The second-order valence-corrected chi connectivity index (χ2v) is 12.6. The largest absolute Gasteiger partial charge is 0.418 e. The quantitative estimate of drug-likeness (QED) is 0.251. The summed E-state index contributed by atoms with van der Waals surface area (Å²) in [7, 11) is 2.14. The lowest BCUT2D eigenvalue weighted by molar-refractivity contribution is 0.142. The van der Waals surface area contributed by atoms with Crippen molar-refractivity contribution in [2.45, 2.75) is 58.7 Å². The van der Waals surface area contributed by atoms with Crippen molar-refractivity contribution in [3.63, 3.8) is 0 Å². The van der Waals surface area contributed by atoms with Gasteiger partial charge in [0.15, 0.2) is 0 Å². The fourth-order valence-electron chi connectivity index (χ4n) is 5.14. The highest BCUT2D eigenvalue weighted by molar-refractivity contribution is 5.87. The highest BCUT2D eigenvalue weighted by atomic mass is 16.6. The molecule has 1 amide bonds. The maximum absolute atomic E-state index is 13.0. The number of imidazole rings is 1. The highest BCUT2D eigenvalue weighted by Crippen LogP contribution is 2.28. The van der Waals surface area contributed by atoms with Gasteiger partial charge in [-0.05, 0) is 65.3 Å². The molecular weight excluding hydrogens is 558 g/mol. The lowest BCUT2D eigenvalue weighted by atomic mass is 10.1. The first-order chi connectivity index (χ1) is 21.1. The molecule has 4 heterocycles. The van der Waals surface area contributed by atoms with Gasteiger partial charge < -0.3 is 20.3 Å². The average molecular weight is 600 g/mol. The van der Waals surface area contributed by atoms with Crippen LogP contribution in [-0.2, 0) is 12.1 Å². The summed E-state index contributed by atoms with van der Waals surface area (Å²) >= 11 is 0. The van der Waals surface area contributed by atoms with E-state index in [1.54, 1.807) is 12.5 Å². The zero-order chi connectivity index (χ0) is 30.8. The SMILES string of the molecule is Cc1ccc(NC(=O)Oc2cc(CN3CCN(C)CC3)n(C(C)(C)C)n2)cc1Nc1nccn1-c1cc(NC2CC2)ncn1. The van der Waals surface area contributed by atoms with E-state index in [0.29, 0.717) is 23.5 Å². The Morgan fingerprint density at radius 1 is 1.05 bits per heavy atom. The number of likely N-dealkylation sites (N-methyl/N-ethyl adjacent to an activating group) is 1. The van der Waals surface area contributed by atoms with Gasteiger partial charge in [-0.25, -0.2) is 19.7 Å². The molecule has 6 rings (SSSR count). The number of nitrogens with one attached hydrogen (secondary N) is 3. The van der Waals surface area contributed by atoms with Gasteiger partial charge in [0.2, 0.25) is 11.8 Å². The zero-order valence-electron chi connectivity index (χ0n) is 26.0. The van der Waals surface area contributed by atoms with E-state index in [-0.39, 0.29) is 11.4 Å². The Labute approximate surface area is 257 Å². The molecule has 2 aliphatic rings. The number of piperazine rings is 1. The van der Waals surface area contributed by atoms with Gasteiger partial charge in [0.05, 0.1) is 11.2 Å². The molecule has 0 bridgehead atoms. The van der Waals surface area contributed by atoms with Crippen LogP contribution < -0.4 is 20.7 Å². The number of carbonyl (C=O) groups excluding carboxylic acids is 1. The van der Waals surface area contributed by atoms with Crippen LogP contribution in [-0.4, -0.2) is 84.5 Å². The number of ether oxygens (including phenoxy) is 1. The van der Waals surface area contributed by atoms with Gasteiger partial charge in [-0.15, -0.1) is 5.10 Å². The van der Waals surface area contributed by atoms with E-state index in [4.69, 9.17) is 4.74 Å². The monoisotopic (exact) mass is 599 g/mol. The van der Waals surface area contributed by atoms with Gasteiger partial charge in [0.25, 0.3) is 0 Å². The van der Waals surface area contributed by atoms with E-state index >= 15 is 0 Å². The predicted octanol–water partition coefficient (Wildman–Crippen LogP) is 4.60. The number of anilines is 4. The maximum atomic E-state index is 13.0. The molecular formula is C31H41N11O2. The van der Waals surface area contributed by atoms with Crippen LogP contribution in [0.15, 0.2) is 49.1 Å². The van der Waals surface area contributed by atoms with Crippen molar-refractivity contribution in [2.75, 3.05) is 49.2 Å². The molecule has 0 radical (unpaired) electrons.